The van der Waals surface area contributed by atoms with Crippen LogP contribution in [0.5, 0.6) is 0 Å². The predicted octanol–water partition coefficient (Wildman–Crippen LogP) is 2.17. The number of rotatable bonds is 4. The quantitative estimate of drug-likeness (QED) is 0.847. The van der Waals surface area contributed by atoms with Crippen LogP contribution >= 0.6 is 0 Å². The van der Waals surface area contributed by atoms with Crippen LogP contribution in [0.1, 0.15) is 46.5 Å². The van der Waals surface area contributed by atoms with Crippen LogP contribution in [0.3, 0.4) is 0 Å². The van der Waals surface area contributed by atoms with Gasteiger partial charge in [0.2, 0.25) is 0 Å². The molecule has 2 atom stereocenters. The van der Waals surface area contributed by atoms with E-state index in [9.17, 15) is 0 Å². The normalized spacial score (nSPS) is 29.8. The van der Waals surface area contributed by atoms with Crippen LogP contribution in [0.2, 0.25) is 0 Å². The highest BCUT2D eigenvalue weighted by molar-refractivity contribution is 4.86. The standard InChI is InChI=1S/C16H33N3/c1-13(2)11-18-9-6-16(7-10-18)19-8-4-5-15(12-19)14(3)17/h13-16H,4-12,17H2,1-3H3. The molecule has 2 N–H and O–H groups in total. The second-order valence-electron chi connectivity index (χ2n) is 7.18. The fourth-order valence-corrected chi connectivity index (χ4v) is 3.78. The van der Waals surface area contributed by atoms with Crippen molar-refractivity contribution in [2.24, 2.45) is 17.6 Å². The summed E-state index contributed by atoms with van der Waals surface area (Å²) in [7, 11) is 0. The smallest absolute Gasteiger partial charge is 0.0120 e. The van der Waals surface area contributed by atoms with E-state index in [4.69, 9.17) is 5.73 Å². The van der Waals surface area contributed by atoms with Gasteiger partial charge in [-0.3, -0.25) is 4.90 Å². The van der Waals surface area contributed by atoms with Crippen molar-refractivity contribution in [3.8, 4) is 0 Å². The lowest BCUT2D eigenvalue weighted by Crippen LogP contribution is -2.51. The molecule has 2 heterocycles. The Morgan fingerprint density at radius 1 is 1.05 bits per heavy atom. The van der Waals surface area contributed by atoms with Gasteiger partial charge in [-0.25, -0.2) is 0 Å². The van der Waals surface area contributed by atoms with Gasteiger partial charge in [-0.1, -0.05) is 13.8 Å². The number of piperidine rings is 2. The largest absolute Gasteiger partial charge is 0.328 e. The van der Waals surface area contributed by atoms with Gasteiger partial charge in [0.1, 0.15) is 0 Å². The topological polar surface area (TPSA) is 32.5 Å². The number of nitrogens with two attached hydrogens (primary N) is 1. The highest BCUT2D eigenvalue weighted by Gasteiger charge is 2.29. The maximum atomic E-state index is 6.10. The van der Waals surface area contributed by atoms with Crippen LogP contribution in [0, 0.1) is 11.8 Å². The van der Waals surface area contributed by atoms with Gasteiger partial charge in [0.25, 0.3) is 0 Å². The highest BCUT2D eigenvalue weighted by atomic mass is 15.2. The zero-order chi connectivity index (χ0) is 13.8. The molecule has 3 heteroatoms. The summed E-state index contributed by atoms with van der Waals surface area (Å²) in [4.78, 5) is 5.39. The SMILES string of the molecule is CC(C)CN1CCC(N2CCCC(C(C)N)C2)CC1. The second-order valence-corrected chi connectivity index (χ2v) is 7.18. The summed E-state index contributed by atoms with van der Waals surface area (Å²) in [5, 5.41) is 0. The van der Waals surface area contributed by atoms with E-state index >= 15 is 0 Å². The van der Waals surface area contributed by atoms with Gasteiger partial charge in [-0.05, 0) is 64.1 Å². The Kier molecular flexibility index (Phi) is 5.67. The van der Waals surface area contributed by atoms with E-state index in [1.54, 1.807) is 0 Å². The maximum Gasteiger partial charge on any atom is 0.0120 e. The fraction of sp³-hybridized carbons (Fsp3) is 1.00. The van der Waals surface area contributed by atoms with Crippen LogP contribution in [0.25, 0.3) is 0 Å². The summed E-state index contributed by atoms with van der Waals surface area (Å²) in [6.45, 7) is 13.2. The number of nitrogens with zero attached hydrogens (tertiary/aromatic N) is 2. The molecule has 0 aliphatic carbocycles. The van der Waals surface area contributed by atoms with Crippen molar-refractivity contribution < 1.29 is 0 Å². The van der Waals surface area contributed by atoms with Crippen molar-refractivity contribution in [3.63, 3.8) is 0 Å². The van der Waals surface area contributed by atoms with Gasteiger partial charge in [0.05, 0.1) is 0 Å². The van der Waals surface area contributed by atoms with Crippen LogP contribution in [-0.4, -0.2) is 54.6 Å². The predicted molar refractivity (Wildman–Crippen MR) is 82.2 cm³/mol. The molecule has 2 fully saturated rings. The zero-order valence-electron chi connectivity index (χ0n) is 13.1. The van der Waals surface area contributed by atoms with Crippen LogP contribution in [0.4, 0.5) is 0 Å². The van der Waals surface area contributed by atoms with Crippen molar-refractivity contribution in [1.82, 2.24) is 9.80 Å². The third-order valence-corrected chi connectivity index (χ3v) is 4.93. The lowest BCUT2D eigenvalue weighted by molar-refractivity contribution is 0.0636. The minimum atomic E-state index is 0.365. The molecular formula is C16H33N3. The van der Waals surface area contributed by atoms with Gasteiger partial charge in [0, 0.05) is 25.2 Å². The van der Waals surface area contributed by atoms with Crippen molar-refractivity contribution in [3.05, 3.63) is 0 Å². The molecule has 0 amide bonds. The van der Waals surface area contributed by atoms with Gasteiger partial charge in [0.15, 0.2) is 0 Å². The molecule has 0 aromatic heterocycles. The molecule has 2 aliphatic rings. The molecule has 2 unspecified atom stereocenters. The van der Waals surface area contributed by atoms with Crippen molar-refractivity contribution in [2.45, 2.75) is 58.5 Å². The number of hydrogen-bond acceptors (Lipinski definition) is 3. The second kappa shape index (κ2) is 7.05. The number of hydrogen-bond donors (Lipinski definition) is 1. The third-order valence-electron chi connectivity index (χ3n) is 4.93. The summed E-state index contributed by atoms with van der Waals surface area (Å²) < 4.78 is 0. The van der Waals surface area contributed by atoms with Crippen molar-refractivity contribution in [2.75, 3.05) is 32.7 Å². The first-order valence-electron chi connectivity index (χ1n) is 8.28. The minimum absolute atomic E-state index is 0.365. The number of likely N-dealkylation sites (tertiary alicyclic amines) is 2. The Morgan fingerprint density at radius 2 is 1.74 bits per heavy atom. The highest BCUT2D eigenvalue weighted by Crippen LogP contribution is 2.25. The lowest BCUT2D eigenvalue weighted by atomic mass is 9.90. The molecule has 0 aromatic rings. The van der Waals surface area contributed by atoms with Crippen LogP contribution in [-0.2, 0) is 0 Å². The van der Waals surface area contributed by atoms with E-state index in [-0.39, 0.29) is 0 Å². The molecule has 2 rings (SSSR count). The third kappa shape index (κ3) is 4.44. The summed E-state index contributed by atoms with van der Waals surface area (Å²) in [6, 6.07) is 1.19. The first-order valence-corrected chi connectivity index (χ1v) is 8.28. The molecule has 3 nitrogen and oxygen atoms in total. The van der Waals surface area contributed by atoms with Gasteiger partial charge in [-0.2, -0.15) is 0 Å². The molecule has 2 aliphatic heterocycles. The molecule has 0 aromatic carbocycles. The molecular weight excluding hydrogens is 234 g/mol. The zero-order valence-corrected chi connectivity index (χ0v) is 13.1. The van der Waals surface area contributed by atoms with E-state index < -0.39 is 0 Å². The maximum absolute atomic E-state index is 6.10. The Bertz CT molecular complexity index is 257. The molecule has 112 valence electrons. The van der Waals surface area contributed by atoms with E-state index in [2.05, 4.69) is 30.6 Å². The molecule has 0 saturated carbocycles. The van der Waals surface area contributed by atoms with Gasteiger partial charge in [-0.15, -0.1) is 0 Å². The summed E-state index contributed by atoms with van der Waals surface area (Å²) in [5.41, 5.74) is 6.10. The van der Waals surface area contributed by atoms with E-state index in [1.807, 2.05) is 0 Å². The molecule has 0 radical (unpaired) electrons. The lowest BCUT2D eigenvalue weighted by Gasteiger charge is -2.43. The average molecular weight is 267 g/mol. The fourth-order valence-electron chi connectivity index (χ4n) is 3.78. The van der Waals surface area contributed by atoms with E-state index in [1.165, 1.54) is 58.4 Å². The summed E-state index contributed by atoms with van der Waals surface area (Å²) >= 11 is 0. The average Bonchev–Trinajstić information content (AvgIpc) is 2.39. The van der Waals surface area contributed by atoms with Crippen molar-refractivity contribution >= 4 is 0 Å². The molecule has 0 spiro atoms. The molecule has 0 bridgehead atoms. The van der Waals surface area contributed by atoms with Crippen LogP contribution < -0.4 is 5.73 Å². The Labute approximate surface area is 119 Å². The Balaban J connectivity index is 1.77. The van der Waals surface area contributed by atoms with Gasteiger partial charge < -0.3 is 10.6 Å². The van der Waals surface area contributed by atoms with Crippen LogP contribution in [0.15, 0.2) is 0 Å². The monoisotopic (exact) mass is 267 g/mol. The van der Waals surface area contributed by atoms with E-state index in [0.29, 0.717) is 6.04 Å². The summed E-state index contributed by atoms with van der Waals surface area (Å²) in [6.07, 6.45) is 5.40. The van der Waals surface area contributed by atoms with Gasteiger partial charge >= 0.3 is 0 Å². The Morgan fingerprint density at radius 3 is 2.32 bits per heavy atom. The minimum Gasteiger partial charge on any atom is -0.328 e. The van der Waals surface area contributed by atoms with E-state index in [0.717, 1.165) is 17.9 Å². The first-order chi connectivity index (χ1) is 9.06. The summed E-state index contributed by atoms with van der Waals surface area (Å²) in [5.74, 6) is 1.52. The molecule has 2 saturated heterocycles. The Hall–Kier alpha value is -0.120. The molecule has 19 heavy (non-hydrogen) atoms. The van der Waals surface area contributed by atoms with Crippen molar-refractivity contribution in [1.29, 1.82) is 0 Å². The first kappa shape index (κ1) is 15.3.